The van der Waals surface area contributed by atoms with Crippen molar-refractivity contribution in [1.29, 1.82) is 5.26 Å². The van der Waals surface area contributed by atoms with Crippen LogP contribution in [0.1, 0.15) is 22.4 Å². The van der Waals surface area contributed by atoms with Crippen LogP contribution >= 0.6 is 11.6 Å². The summed E-state index contributed by atoms with van der Waals surface area (Å²) in [5.41, 5.74) is 3.87. The second-order valence-corrected chi connectivity index (χ2v) is 4.74. The van der Waals surface area contributed by atoms with Gasteiger partial charge in [-0.05, 0) is 44.0 Å². The molecular formula is C14H13ClN4. The number of halogens is 1. The summed E-state index contributed by atoms with van der Waals surface area (Å²) in [5, 5.41) is 21.0. The lowest BCUT2D eigenvalue weighted by atomic mass is 10.1. The number of nitrogens with zero attached hydrogens (tertiary/aromatic N) is 3. The second kappa shape index (κ2) is 5.25. The van der Waals surface area contributed by atoms with Crippen LogP contribution in [0.25, 0.3) is 0 Å². The number of hydrogen-bond donors (Lipinski definition) is 1. The maximum Gasteiger partial charge on any atom is 0.171 e. The molecule has 5 heteroatoms. The maximum absolute atomic E-state index is 9.22. The highest BCUT2D eigenvalue weighted by molar-refractivity contribution is 6.31. The van der Waals surface area contributed by atoms with Crippen LogP contribution in [0.5, 0.6) is 0 Å². The van der Waals surface area contributed by atoms with Crippen molar-refractivity contribution in [2.45, 2.75) is 20.8 Å². The molecule has 96 valence electrons. The third-order valence-corrected chi connectivity index (χ3v) is 3.41. The van der Waals surface area contributed by atoms with Crippen molar-refractivity contribution in [3.05, 3.63) is 45.6 Å². The van der Waals surface area contributed by atoms with Crippen molar-refractivity contribution in [2.24, 2.45) is 0 Å². The molecule has 0 spiro atoms. The summed E-state index contributed by atoms with van der Waals surface area (Å²) in [4.78, 5) is 0. The average molecular weight is 273 g/mol. The third-order valence-electron chi connectivity index (χ3n) is 3.00. The van der Waals surface area contributed by atoms with Gasteiger partial charge in [0, 0.05) is 10.7 Å². The van der Waals surface area contributed by atoms with Gasteiger partial charge in [-0.1, -0.05) is 17.7 Å². The van der Waals surface area contributed by atoms with E-state index in [2.05, 4.69) is 21.6 Å². The highest BCUT2D eigenvalue weighted by Gasteiger charge is 2.11. The van der Waals surface area contributed by atoms with E-state index in [9.17, 15) is 5.26 Å². The van der Waals surface area contributed by atoms with Gasteiger partial charge in [-0.3, -0.25) is 0 Å². The van der Waals surface area contributed by atoms with Crippen LogP contribution in [-0.4, -0.2) is 10.2 Å². The summed E-state index contributed by atoms with van der Waals surface area (Å²) in [6.07, 6.45) is 0. The fraction of sp³-hybridized carbons (Fsp3) is 0.214. The van der Waals surface area contributed by atoms with Crippen LogP contribution in [0.2, 0.25) is 5.02 Å². The van der Waals surface area contributed by atoms with E-state index in [0.29, 0.717) is 16.4 Å². The molecule has 0 radical (unpaired) electrons. The van der Waals surface area contributed by atoms with Crippen molar-refractivity contribution in [2.75, 3.05) is 5.32 Å². The number of hydrogen-bond acceptors (Lipinski definition) is 4. The lowest BCUT2D eigenvalue weighted by Gasteiger charge is -2.10. The smallest absolute Gasteiger partial charge is 0.171 e. The molecule has 0 bridgehead atoms. The van der Waals surface area contributed by atoms with E-state index in [1.54, 1.807) is 6.07 Å². The number of aryl methyl sites for hydroxylation is 2. The Morgan fingerprint density at radius 2 is 1.95 bits per heavy atom. The molecule has 1 aromatic heterocycles. The first-order chi connectivity index (χ1) is 9.02. The van der Waals surface area contributed by atoms with E-state index >= 15 is 0 Å². The molecule has 1 N–H and O–H groups in total. The Bertz CT molecular complexity index is 674. The number of benzene rings is 1. The number of aromatic nitrogens is 2. The van der Waals surface area contributed by atoms with Crippen molar-refractivity contribution in [3.8, 4) is 6.07 Å². The standard InChI is InChI=1S/C14H13ClN4/c1-8-4-5-11(6-13(8)15)17-14-12(7-16)9(2)10(3)18-19-14/h4-6H,1-3H3,(H,17,19). The first-order valence-corrected chi connectivity index (χ1v) is 6.18. The van der Waals surface area contributed by atoms with E-state index in [1.807, 2.05) is 32.9 Å². The predicted octanol–water partition coefficient (Wildman–Crippen LogP) is 3.67. The van der Waals surface area contributed by atoms with Crippen molar-refractivity contribution in [3.63, 3.8) is 0 Å². The van der Waals surface area contributed by atoms with E-state index in [1.165, 1.54) is 0 Å². The Morgan fingerprint density at radius 1 is 1.21 bits per heavy atom. The van der Waals surface area contributed by atoms with Gasteiger partial charge in [-0.15, -0.1) is 5.10 Å². The fourth-order valence-corrected chi connectivity index (χ4v) is 1.82. The molecule has 19 heavy (non-hydrogen) atoms. The van der Waals surface area contributed by atoms with Gasteiger partial charge in [-0.25, -0.2) is 0 Å². The quantitative estimate of drug-likeness (QED) is 0.906. The molecule has 0 aliphatic carbocycles. The topological polar surface area (TPSA) is 61.6 Å². The van der Waals surface area contributed by atoms with Gasteiger partial charge in [0.2, 0.25) is 0 Å². The van der Waals surface area contributed by atoms with Crippen LogP contribution in [0, 0.1) is 32.1 Å². The Kier molecular flexibility index (Phi) is 3.68. The molecular weight excluding hydrogens is 260 g/mol. The summed E-state index contributed by atoms with van der Waals surface area (Å²) >= 11 is 6.07. The molecule has 2 rings (SSSR count). The molecule has 1 heterocycles. The molecule has 4 nitrogen and oxygen atoms in total. The van der Waals surface area contributed by atoms with Crippen molar-refractivity contribution < 1.29 is 0 Å². The zero-order valence-electron chi connectivity index (χ0n) is 11.0. The minimum Gasteiger partial charge on any atom is -0.338 e. The summed E-state index contributed by atoms with van der Waals surface area (Å²) in [6.45, 7) is 5.62. The van der Waals surface area contributed by atoms with Gasteiger partial charge in [-0.2, -0.15) is 10.4 Å². The number of nitrogens with one attached hydrogen (secondary N) is 1. The van der Waals surface area contributed by atoms with E-state index in [-0.39, 0.29) is 0 Å². The Labute approximate surface area is 117 Å². The number of nitriles is 1. The first kappa shape index (κ1) is 13.3. The summed E-state index contributed by atoms with van der Waals surface area (Å²) in [5.74, 6) is 0.450. The summed E-state index contributed by atoms with van der Waals surface area (Å²) in [7, 11) is 0. The fourth-order valence-electron chi connectivity index (χ4n) is 1.64. The van der Waals surface area contributed by atoms with Crippen LogP contribution in [0.4, 0.5) is 11.5 Å². The first-order valence-electron chi connectivity index (χ1n) is 5.80. The van der Waals surface area contributed by atoms with Crippen LogP contribution in [0.15, 0.2) is 18.2 Å². The Morgan fingerprint density at radius 3 is 2.58 bits per heavy atom. The van der Waals surface area contributed by atoms with Crippen LogP contribution in [-0.2, 0) is 0 Å². The molecule has 0 fully saturated rings. The van der Waals surface area contributed by atoms with Gasteiger partial charge in [0.05, 0.1) is 5.69 Å². The highest BCUT2D eigenvalue weighted by atomic mass is 35.5. The Hall–Kier alpha value is -2.12. The monoisotopic (exact) mass is 272 g/mol. The molecule has 0 aliphatic rings. The maximum atomic E-state index is 9.22. The molecule has 0 unspecified atom stereocenters. The van der Waals surface area contributed by atoms with Gasteiger partial charge in [0.15, 0.2) is 5.82 Å². The predicted molar refractivity (Wildman–Crippen MR) is 75.7 cm³/mol. The second-order valence-electron chi connectivity index (χ2n) is 4.33. The average Bonchev–Trinajstić information content (AvgIpc) is 2.39. The zero-order chi connectivity index (χ0) is 14.0. The normalized spacial score (nSPS) is 10.1. The molecule has 1 aromatic carbocycles. The lowest BCUT2D eigenvalue weighted by Crippen LogP contribution is -2.03. The molecule has 2 aromatic rings. The van der Waals surface area contributed by atoms with Gasteiger partial charge >= 0.3 is 0 Å². The van der Waals surface area contributed by atoms with Crippen LogP contribution in [0.3, 0.4) is 0 Å². The van der Waals surface area contributed by atoms with E-state index < -0.39 is 0 Å². The SMILES string of the molecule is Cc1ccc(Nc2nnc(C)c(C)c2C#N)cc1Cl. The van der Waals surface area contributed by atoms with Gasteiger partial charge < -0.3 is 5.32 Å². The zero-order valence-corrected chi connectivity index (χ0v) is 11.7. The minimum absolute atomic E-state index is 0.450. The van der Waals surface area contributed by atoms with Crippen molar-refractivity contribution in [1.82, 2.24) is 10.2 Å². The lowest BCUT2D eigenvalue weighted by molar-refractivity contribution is 0.960. The molecule has 0 saturated heterocycles. The van der Waals surface area contributed by atoms with Crippen molar-refractivity contribution >= 4 is 23.1 Å². The largest absolute Gasteiger partial charge is 0.338 e. The molecule has 0 saturated carbocycles. The highest BCUT2D eigenvalue weighted by Crippen LogP contribution is 2.25. The molecule has 0 atom stereocenters. The van der Waals surface area contributed by atoms with Crippen LogP contribution < -0.4 is 5.32 Å². The number of anilines is 2. The Balaban J connectivity index is 2.41. The third kappa shape index (κ3) is 2.67. The summed E-state index contributed by atoms with van der Waals surface area (Å²) in [6, 6.07) is 7.75. The molecule has 0 amide bonds. The van der Waals surface area contributed by atoms with Gasteiger partial charge in [0.25, 0.3) is 0 Å². The van der Waals surface area contributed by atoms with Gasteiger partial charge in [0.1, 0.15) is 11.6 Å². The minimum atomic E-state index is 0.450. The van der Waals surface area contributed by atoms with E-state index in [4.69, 9.17) is 11.6 Å². The number of rotatable bonds is 2. The summed E-state index contributed by atoms with van der Waals surface area (Å²) < 4.78 is 0. The van der Waals surface area contributed by atoms with E-state index in [0.717, 1.165) is 22.5 Å². The molecule has 0 aliphatic heterocycles.